The van der Waals surface area contributed by atoms with Gasteiger partial charge in [-0.15, -0.1) is 0 Å². The third kappa shape index (κ3) is 2.69. The second-order valence-corrected chi connectivity index (χ2v) is 5.68. The molecule has 1 saturated carbocycles. The number of amides is 1. The average Bonchev–Trinajstić information content (AvgIpc) is 3.13. The first-order valence-corrected chi connectivity index (χ1v) is 7.19. The molecule has 1 aliphatic rings. The Morgan fingerprint density at radius 3 is 2.81 bits per heavy atom. The van der Waals surface area contributed by atoms with Gasteiger partial charge in [-0.3, -0.25) is 4.79 Å². The SMILES string of the molecule is Cc1ccc(NC(=O)C2(N)CCCC2)cc1-c1ncco1. The van der Waals surface area contributed by atoms with Gasteiger partial charge in [0.2, 0.25) is 11.8 Å². The summed E-state index contributed by atoms with van der Waals surface area (Å²) >= 11 is 0. The van der Waals surface area contributed by atoms with Crippen LogP contribution in [0, 0.1) is 6.92 Å². The number of carbonyl (C=O) groups excluding carboxylic acids is 1. The van der Waals surface area contributed by atoms with E-state index in [0.717, 1.165) is 42.5 Å². The van der Waals surface area contributed by atoms with Crippen molar-refractivity contribution < 1.29 is 9.21 Å². The van der Waals surface area contributed by atoms with Gasteiger partial charge in [-0.2, -0.15) is 0 Å². The van der Waals surface area contributed by atoms with Crippen molar-refractivity contribution in [2.75, 3.05) is 5.32 Å². The summed E-state index contributed by atoms with van der Waals surface area (Å²) < 4.78 is 5.33. The standard InChI is InChI=1S/C16H19N3O2/c1-11-4-5-12(10-13(11)14-18-8-9-21-14)19-15(20)16(17)6-2-3-7-16/h4-5,8-10H,2-3,6-7,17H2,1H3,(H,19,20). The Morgan fingerprint density at radius 1 is 1.38 bits per heavy atom. The quantitative estimate of drug-likeness (QED) is 0.908. The van der Waals surface area contributed by atoms with Crippen LogP contribution in [0.25, 0.3) is 11.5 Å². The van der Waals surface area contributed by atoms with E-state index in [4.69, 9.17) is 10.2 Å². The van der Waals surface area contributed by atoms with E-state index >= 15 is 0 Å². The summed E-state index contributed by atoms with van der Waals surface area (Å²) in [5.41, 5.74) is 8.07. The maximum Gasteiger partial charge on any atom is 0.244 e. The summed E-state index contributed by atoms with van der Waals surface area (Å²) in [7, 11) is 0. The van der Waals surface area contributed by atoms with Gasteiger partial charge in [0.25, 0.3) is 0 Å². The highest BCUT2D eigenvalue weighted by atomic mass is 16.3. The predicted octanol–water partition coefficient (Wildman–Crippen LogP) is 2.86. The van der Waals surface area contributed by atoms with Crippen molar-refractivity contribution in [1.29, 1.82) is 0 Å². The lowest BCUT2D eigenvalue weighted by molar-refractivity contribution is -0.121. The summed E-state index contributed by atoms with van der Waals surface area (Å²) in [6.45, 7) is 1.98. The van der Waals surface area contributed by atoms with Gasteiger partial charge in [-0.25, -0.2) is 4.98 Å². The maximum atomic E-state index is 12.3. The Hall–Kier alpha value is -2.14. The number of oxazole rings is 1. The summed E-state index contributed by atoms with van der Waals surface area (Å²) in [5, 5.41) is 2.92. The number of nitrogens with zero attached hydrogens (tertiary/aromatic N) is 1. The van der Waals surface area contributed by atoms with Crippen molar-refractivity contribution in [3.05, 3.63) is 36.2 Å². The molecule has 110 valence electrons. The number of carbonyl (C=O) groups is 1. The van der Waals surface area contributed by atoms with Gasteiger partial charge in [0, 0.05) is 11.3 Å². The first kappa shape index (κ1) is 13.8. The normalized spacial score (nSPS) is 16.9. The molecule has 21 heavy (non-hydrogen) atoms. The van der Waals surface area contributed by atoms with E-state index in [-0.39, 0.29) is 5.91 Å². The average molecular weight is 285 g/mol. The number of nitrogens with two attached hydrogens (primary N) is 1. The van der Waals surface area contributed by atoms with E-state index in [1.54, 1.807) is 6.20 Å². The summed E-state index contributed by atoms with van der Waals surface area (Å²) in [5.74, 6) is 0.439. The lowest BCUT2D eigenvalue weighted by Crippen LogP contribution is -2.48. The molecule has 0 radical (unpaired) electrons. The molecule has 3 rings (SSSR count). The van der Waals surface area contributed by atoms with Crippen LogP contribution in [0.4, 0.5) is 5.69 Å². The molecule has 1 heterocycles. The van der Waals surface area contributed by atoms with Crippen LogP contribution in [0.15, 0.2) is 35.1 Å². The molecule has 1 aliphatic carbocycles. The van der Waals surface area contributed by atoms with Crippen LogP contribution in [-0.2, 0) is 4.79 Å². The monoisotopic (exact) mass is 285 g/mol. The van der Waals surface area contributed by atoms with Crippen LogP contribution in [0.1, 0.15) is 31.2 Å². The van der Waals surface area contributed by atoms with Gasteiger partial charge in [0.05, 0.1) is 11.7 Å². The molecule has 0 unspecified atom stereocenters. The van der Waals surface area contributed by atoms with Crippen molar-refractivity contribution >= 4 is 11.6 Å². The third-order valence-corrected chi connectivity index (χ3v) is 4.11. The lowest BCUT2D eigenvalue weighted by Gasteiger charge is -2.22. The molecule has 5 nitrogen and oxygen atoms in total. The molecule has 0 spiro atoms. The molecular formula is C16H19N3O2. The highest BCUT2D eigenvalue weighted by molar-refractivity contribution is 5.98. The Labute approximate surface area is 123 Å². The van der Waals surface area contributed by atoms with Gasteiger partial charge < -0.3 is 15.5 Å². The van der Waals surface area contributed by atoms with Crippen molar-refractivity contribution in [3.63, 3.8) is 0 Å². The number of rotatable bonds is 3. The minimum atomic E-state index is -0.728. The Kier molecular flexibility index (Phi) is 3.51. The fourth-order valence-electron chi connectivity index (χ4n) is 2.78. The minimum absolute atomic E-state index is 0.109. The molecule has 0 saturated heterocycles. The highest BCUT2D eigenvalue weighted by Crippen LogP contribution is 2.30. The molecule has 2 aromatic rings. The van der Waals surface area contributed by atoms with Gasteiger partial charge in [0.1, 0.15) is 6.26 Å². The molecule has 1 fully saturated rings. The number of hydrogen-bond acceptors (Lipinski definition) is 4. The summed E-state index contributed by atoms with van der Waals surface area (Å²) in [4.78, 5) is 16.5. The van der Waals surface area contributed by atoms with Crippen molar-refractivity contribution in [2.45, 2.75) is 38.1 Å². The van der Waals surface area contributed by atoms with Gasteiger partial charge >= 0.3 is 0 Å². The number of aryl methyl sites for hydroxylation is 1. The van der Waals surface area contributed by atoms with Crippen LogP contribution in [0.2, 0.25) is 0 Å². The van der Waals surface area contributed by atoms with E-state index in [0.29, 0.717) is 5.89 Å². The summed E-state index contributed by atoms with van der Waals surface area (Å²) in [6.07, 6.45) is 6.66. The third-order valence-electron chi connectivity index (χ3n) is 4.11. The molecule has 0 bridgehead atoms. The number of aromatic nitrogens is 1. The maximum absolute atomic E-state index is 12.3. The zero-order valence-electron chi connectivity index (χ0n) is 12.1. The molecule has 1 aromatic heterocycles. The van der Waals surface area contributed by atoms with E-state index in [1.807, 2.05) is 25.1 Å². The second kappa shape index (κ2) is 5.33. The van der Waals surface area contributed by atoms with E-state index in [1.165, 1.54) is 6.26 Å². The Bertz CT molecular complexity index is 644. The van der Waals surface area contributed by atoms with Crippen LogP contribution >= 0.6 is 0 Å². The van der Waals surface area contributed by atoms with E-state index in [9.17, 15) is 4.79 Å². The molecular weight excluding hydrogens is 266 g/mol. The number of hydrogen-bond donors (Lipinski definition) is 2. The first-order valence-electron chi connectivity index (χ1n) is 7.19. The highest BCUT2D eigenvalue weighted by Gasteiger charge is 2.37. The fraction of sp³-hybridized carbons (Fsp3) is 0.375. The van der Waals surface area contributed by atoms with Gasteiger partial charge in [-0.1, -0.05) is 18.9 Å². The molecule has 5 heteroatoms. The predicted molar refractivity (Wildman–Crippen MR) is 80.7 cm³/mol. The second-order valence-electron chi connectivity index (χ2n) is 5.68. The minimum Gasteiger partial charge on any atom is -0.445 e. The Balaban J connectivity index is 1.83. The van der Waals surface area contributed by atoms with Crippen molar-refractivity contribution in [1.82, 2.24) is 4.98 Å². The van der Waals surface area contributed by atoms with Crippen LogP contribution in [0.5, 0.6) is 0 Å². The summed E-state index contributed by atoms with van der Waals surface area (Å²) in [6, 6.07) is 5.68. The van der Waals surface area contributed by atoms with Crippen LogP contribution in [-0.4, -0.2) is 16.4 Å². The zero-order chi connectivity index (χ0) is 14.9. The number of benzene rings is 1. The zero-order valence-corrected chi connectivity index (χ0v) is 12.1. The molecule has 0 aliphatic heterocycles. The molecule has 0 atom stereocenters. The first-order chi connectivity index (χ1) is 10.1. The van der Waals surface area contributed by atoms with Crippen molar-refractivity contribution in [3.8, 4) is 11.5 Å². The van der Waals surface area contributed by atoms with Crippen molar-refractivity contribution in [2.24, 2.45) is 5.73 Å². The van der Waals surface area contributed by atoms with Gasteiger partial charge in [0.15, 0.2) is 0 Å². The lowest BCUT2D eigenvalue weighted by atomic mass is 9.98. The number of anilines is 1. The number of nitrogens with one attached hydrogen (secondary N) is 1. The molecule has 3 N–H and O–H groups in total. The smallest absolute Gasteiger partial charge is 0.244 e. The molecule has 1 aromatic carbocycles. The molecule has 1 amide bonds. The fourth-order valence-corrected chi connectivity index (χ4v) is 2.78. The van der Waals surface area contributed by atoms with E-state index < -0.39 is 5.54 Å². The topological polar surface area (TPSA) is 81.2 Å². The van der Waals surface area contributed by atoms with E-state index in [2.05, 4.69) is 10.3 Å². The largest absolute Gasteiger partial charge is 0.445 e. The van der Waals surface area contributed by atoms with Crippen LogP contribution in [0.3, 0.4) is 0 Å². The van der Waals surface area contributed by atoms with Crippen LogP contribution < -0.4 is 11.1 Å². The Morgan fingerprint density at radius 2 is 2.14 bits per heavy atom. The van der Waals surface area contributed by atoms with Gasteiger partial charge in [-0.05, 0) is 37.5 Å².